The Morgan fingerprint density at radius 3 is 2.55 bits per heavy atom. The van der Waals surface area contributed by atoms with E-state index in [0.717, 1.165) is 42.5 Å². The summed E-state index contributed by atoms with van der Waals surface area (Å²) in [5, 5.41) is 14.3. The molecule has 1 aliphatic carbocycles. The fourth-order valence-corrected chi connectivity index (χ4v) is 4.36. The summed E-state index contributed by atoms with van der Waals surface area (Å²) in [5.74, 6) is 0.853. The van der Waals surface area contributed by atoms with Crippen LogP contribution < -0.4 is 15.8 Å². The molecule has 1 fully saturated rings. The first-order valence-electron chi connectivity index (χ1n) is 10.2. The van der Waals surface area contributed by atoms with E-state index in [1.54, 1.807) is 7.11 Å². The van der Waals surface area contributed by atoms with Gasteiger partial charge in [-0.3, -0.25) is 4.98 Å². The molecule has 1 heterocycles. The summed E-state index contributed by atoms with van der Waals surface area (Å²) in [7, 11) is 1.64. The zero-order chi connectivity index (χ0) is 20.4. The van der Waals surface area contributed by atoms with Crippen molar-refractivity contribution in [3.05, 3.63) is 64.1 Å². The van der Waals surface area contributed by atoms with Crippen LogP contribution in [0.5, 0.6) is 5.75 Å². The first kappa shape index (κ1) is 19.7. The molecule has 154 valence electrons. The predicted molar refractivity (Wildman–Crippen MR) is 112 cm³/mol. The highest BCUT2D eigenvalue weighted by Crippen LogP contribution is 2.34. The molecular formula is C23H28N2O4. The van der Waals surface area contributed by atoms with E-state index in [1.807, 2.05) is 43.3 Å². The Kier molecular flexibility index (Phi) is 5.74. The molecule has 1 aliphatic rings. The number of fused-ring (bicyclic) bond motifs is 1. The number of hydrogen-bond donors (Lipinski definition) is 3. The van der Waals surface area contributed by atoms with Gasteiger partial charge >= 0.3 is 5.76 Å². The molecule has 0 aliphatic heterocycles. The largest absolute Gasteiger partial charge is 0.497 e. The molecule has 0 amide bonds. The fraction of sp³-hybridized carbons (Fsp3) is 0.435. The maximum atomic E-state index is 11.4. The summed E-state index contributed by atoms with van der Waals surface area (Å²) in [6.07, 6.45) is 3.70. The maximum absolute atomic E-state index is 11.4. The summed E-state index contributed by atoms with van der Waals surface area (Å²) in [4.78, 5) is 14.0. The van der Waals surface area contributed by atoms with Crippen LogP contribution in [0.4, 0.5) is 0 Å². The van der Waals surface area contributed by atoms with Crippen LogP contribution >= 0.6 is 0 Å². The molecule has 3 aromatic rings. The minimum atomic E-state index is -0.558. The molecule has 6 nitrogen and oxygen atoms in total. The number of aromatic amines is 1. The van der Waals surface area contributed by atoms with Crippen molar-refractivity contribution in [2.75, 3.05) is 7.11 Å². The number of rotatable bonds is 6. The molecule has 2 atom stereocenters. The number of nitrogens with one attached hydrogen (secondary N) is 2. The maximum Gasteiger partial charge on any atom is 0.417 e. The van der Waals surface area contributed by atoms with E-state index in [1.165, 1.54) is 5.56 Å². The zero-order valence-corrected chi connectivity index (χ0v) is 16.9. The number of ether oxygens (including phenoxy) is 1. The van der Waals surface area contributed by atoms with Gasteiger partial charge in [-0.15, -0.1) is 0 Å². The van der Waals surface area contributed by atoms with E-state index >= 15 is 0 Å². The lowest BCUT2D eigenvalue weighted by Crippen LogP contribution is -2.41. The van der Waals surface area contributed by atoms with Crippen molar-refractivity contribution in [1.29, 1.82) is 0 Å². The Balaban J connectivity index is 1.33. The second-order valence-electron chi connectivity index (χ2n) is 7.99. The van der Waals surface area contributed by atoms with Crippen molar-refractivity contribution in [1.82, 2.24) is 10.3 Å². The van der Waals surface area contributed by atoms with Crippen LogP contribution in [0.2, 0.25) is 0 Å². The van der Waals surface area contributed by atoms with E-state index < -0.39 is 11.9 Å². The Hall–Kier alpha value is -2.57. The van der Waals surface area contributed by atoms with Gasteiger partial charge in [-0.2, -0.15) is 0 Å². The number of H-pyrrole nitrogens is 1. The summed E-state index contributed by atoms with van der Waals surface area (Å²) < 4.78 is 10.4. The van der Waals surface area contributed by atoms with Gasteiger partial charge in [0, 0.05) is 12.1 Å². The smallest absolute Gasteiger partial charge is 0.417 e. The fourth-order valence-electron chi connectivity index (χ4n) is 4.36. The summed E-state index contributed by atoms with van der Waals surface area (Å²) in [5.41, 5.74) is 3.49. The lowest BCUT2D eigenvalue weighted by molar-refractivity contribution is 0.124. The number of aliphatic hydroxyl groups is 1. The number of oxazole rings is 1. The summed E-state index contributed by atoms with van der Waals surface area (Å²) in [6, 6.07) is 13.9. The van der Waals surface area contributed by atoms with Crippen LogP contribution in [0, 0.1) is 0 Å². The van der Waals surface area contributed by atoms with E-state index in [0.29, 0.717) is 17.5 Å². The van der Waals surface area contributed by atoms with Gasteiger partial charge in [0.1, 0.15) is 5.75 Å². The number of aromatic nitrogens is 1. The van der Waals surface area contributed by atoms with Gasteiger partial charge in [0.05, 0.1) is 18.7 Å². The normalized spacial score (nSPS) is 21.8. The van der Waals surface area contributed by atoms with Gasteiger partial charge < -0.3 is 19.6 Å². The molecule has 29 heavy (non-hydrogen) atoms. The van der Waals surface area contributed by atoms with Crippen molar-refractivity contribution in [3.63, 3.8) is 0 Å². The third kappa shape index (κ3) is 4.38. The van der Waals surface area contributed by atoms with Crippen LogP contribution in [-0.2, 0) is 0 Å². The highest BCUT2D eigenvalue weighted by Gasteiger charge is 2.26. The molecule has 0 spiro atoms. The van der Waals surface area contributed by atoms with Crippen LogP contribution in [0.3, 0.4) is 0 Å². The molecule has 1 aromatic heterocycles. The number of benzene rings is 2. The molecular weight excluding hydrogens is 368 g/mol. The summed E-state index contributed by atoms with van der Waals surface area (Å²) >= 11 is 0. The highest BCUT2D eigenvalue weighted by molar-refractivity contribution is 5.72. The third-order valence-electron chi connectivity index (χ3n) is 6.07. The molecule has 3 N–H and O–H groups in total. The monoisotopic (exact) mass is 396 g/mol. The van der Waals surface area contributed by atoms with Crippen molar-refractivity contribution in [2.45, 2.75) is 56.7 Å². The second-order valence-corrected chi connectivity index (χ2v) is 7.99. The second kappa shape index (κ2) is 8.43. The molecule has 1 saturated carbocycles. The number of aliphatic hydroxyl groups excluding tert-OH is 1. The average Bonchev–Trinajstić information content (AvgIpc) is 3.13. The van der Waals surface area contributed by atoms with E-state index in [9.17, 15) is 9.90 Å². The average molecular weight is 396 g/mol. The molecule has 2 unspecified atom stereocenters. The minimum Gasteiger partial charge on any atom is -0.497 e. The van der Waals surface area contributed by atoms with Crippen LogP contribution in [0.1, 0.15) is 55.8 Å². The van der Waals surface area contributed by atoms with E-state index in [2.05, 4.69) is 16.4 Å². The Morgan fingerprint density at radius 1 is 1.14 bits per heavy atom. The highest BCUT2D eigenvalue weighted by atomic mass is 16.5. The minimum absolute atomic E-state index is 0.0320. The third-order valence-corrected chi connectivity index (χ3v) is 6.07. The van der Waals surface area contributed by atoms with E-state index in [4.69, 9.17) is 9.15 Å². The SMILES string of the molecule is COc1ccc(C(O)C(C)N[C@H]2CC[C@H](c3ccc4[nH]c(=O)oc4c3)CC2)cc1. The van der Waals surface area contributed by atoms with Gasteiger partial charge in [-0.1, -0.05) is 18.2 Å². The first-order chi connectivity index (χ1) is 14.0. The molecule has 0 saturated heterocycles. The standard InChI is InChI=1S/C23H28N2O4/c1-14(22(26)16-5-10-19(28-2)11-6-16)24-18-8-3-15(4-9-18)17-7-12-20-21(13-17)29-23(27)25-20/h5-7,10-15,18,22,24,26H,3-4,8-9H2,1-2H3,(H,25,27)/t14?,15-,18-,22?. The van der Waals surface area contributed by atoms with Crippen molar-refractivity contribution >= 4 is 11.1 Å². The lowest BCUT2D eigenvalue weighted by Gasteiger charge is -2.33. The van der Waals surface area contributed by atoms with Gasteiger partial charge in [-0.25, -0.2) is 4.79 Å². The predicted octanol–water partition coefficient (Wildman–Crippen LogP) is 3.87. The summed E-state index contributed by atoms with van der Waals surface area (Å²) in [6.45, 7) is 2.03. The molecule has 4 rings (SSSR count). The molecule has 0 bridgehead atoms. The number of hydrogen-bond acceptors (Lipinski definition) is 5. The topological polar surface area (TPSA) is 87.5 Å². The van der Waals surface area contributed by atoms with Gasteiger partial charge in [0.2, 0.25) is 0 Å². The molecule has 6 heteroatoms. The van der Waals surface area contributed by atoms with Crippen molar-refractivity contribution in [3.8, 4) is 5.75 Å². The van der Waals surface area contributed by atoms with Gasteiger partial charge in [-0.05, 0) is 73.9 Å². The van der Waals surface area contributed by atoms with E-state index in [-0.39, 0.29) is 6.04 Å². The van der Waals surface area contributed by atoms with Gasteiger partial charge in [0.25, 0.3) is 0 Å². The van der Waals surface area contributed by atoms with Crippen molar-refractivity contribution in [2.24, 2.45) is 0 Å². The quantitative estimate of drug-likeness (QED) is 0.589. The first-order valence-corrected chi connectivity index (χ1v) is 10.2. The van der Waals surface area contributed by atoms with Crippen LogP contribution in [0.15, 0.2) is 51.7 Å². The van der Waals surface area contributed by atoms with Crippen LogP contribution in [-0.4, -0.2) is 29.3 Å². The Morgan fingerprint density at radius 2 is 1.86 bits per heavy atom. The Bertz CT molecular complexity index is 1000. The van der Waals surface area contributed by atoms with Crippen LogP contribution in [0.25, 0.3) is 11.1 Å². The van der Waals surface area contributed by atoms with Crippen molar-refractivity contribution < 1.29 is 14.3 Å². The van der Waals surface area contributed by atoms with Gasteiger partial charge in [0.15, 0.2) is 5.58 Å². The lowest BCUT2D eigenvalue weighted by atomic mass is 9.81. The Labute approximate surface area is 169 Å². The number of methoxy groups -OCH3 is 1. The molecule has 0 radical (unpaired) electrons. The zero-order valence-electron chi connectivity index (χ0n) is 16.9. The molecule has 2 aromatic carbocycles.